The van der Waals surface area contributed by atoms with Crippen molar-refractivity contribution in [1.29, 1.82) is 0 Å². The average molecular weight is 278 g/mol. The summed E-state index contributed by atoms with van der Waals surface area (Å²) in [5, 5.41) is 6.00. The molecule has 1 N–H and O–H groups in total. The molecular weight excluding hydrogens is 252 g/mol. The van der Waals surface area contributed by atoms with Gasteiger partial charge in [-0.05, 0) is 49.1 Å². The third-order valence-corrected chi connectivity index (χ3v) is 5.71. The maximum atomic E-state index is 3.73. The van der Waals surface area contributed by atoms with Gasteiger partial charge in [0, 0.05) is 36.1 Å². The number of thiophene rings is 1. The summed E-state index contributed by atoms with van der Waals surface area (Å²) < 4.78 is 0. The number of hydrogen-bond donors (Lipinski definition) is 1. The van der Waals surface area contributed by atoms with E-state index in [9.17, 15) is 0 Å². The summed E-state index contributed by atoms with van der Waals surface area (Å²) in [5.74, 6) is 0.717. The van der Waals surface area contributed by atoms with E-state index in [0.29, 0.717) is 18.0 Å². The highest BCUT2D eigenvalue weighted by Crippen LogP contribution is 2.35. The van der Waals surface area contributed by atoms with Gasteiger partial charge in [-0.1, -0.05) is 13.8 Å². The molecular formula is C16H26N2S. The summed E-state index contributed by atoms with van der Waals surface area (Å²) in [5.41, 5.74) is 1.58. The molecule has 2 atom stereocenters. The van der Waals surface area contributed by atoms with Crippen molar-refractivity contribution >= 4 is 11.3 Å². The number of fused-ring (bicyclic) bond motifs is 1. The molecule has 0 saturated heterocycles. The van der Waals surface area contributed by atoms with Gasteiger partial charge in [0.05, 0.1) is 0 Å². The lowest BCUT2D eigenvalue weighted by molar-refractivity contribution is 0.100. The van der Waals surface area contributed by atoms with Crippen molar-refractivity contribution in [2.24, 2.45) is 5.92 Å². The molecule has 3 heteroatoms. The van der Waals surface area contributed by atoms with Crippen LogP contribution in [-0.2, 0) is 6.42 Å². The third kappa shape index (κ3) is 2.88. The van der Waals surface area contributed by atoms with Crippen molar-refractivity contribution in [3.05, 3.63) is 21.9 Å². The van der Waals surface area contributed by atoms with Gasteiger partial charge in [0.1, 0.15) is 0 Å². The van der Waals surface area contributed by atoms with Crippen molar-refractivity contribution in [3.8, 4) is 0 Å². The van der Waals surface area contributed by atoms with Crippen LogP contribution in [0.1, 0.15) is 50.1 Å². The van der Waals surface area contributed by atoms with Crippen molar-refractivity contribution in [1.82, 2.24) is 10.2 Å². The number of hydrogen-bond acceptors (Lipinski definition) is 3. The van der Waals surface area contributed by atoms with Crippen molar-refractivity contribution in [2.75, 3.05) is 13.1 Å². The topological polar surface area (TPSA) is 15.3 Å². The molecule has 0 aromatic carbocycles. The zero-order valence-corrected chi connectivity index (χ0v) is 13.2. The molecule has 0 bridgehead atoms. The van der Waals surface area contributed by atoms with Crippen LogP contribution in [0.25, 0.3) is 0 Å². The highest BCUT2D eigenvalue weighted by molar-refractivity contribution is 7.10. The minimum absolute atomic E-state index is 0.586. The Hall–Kier alpha value is -0.380. The Balaban J connectivity index is 1.71. The van der Waals surface area contributed by atoms with E-state index < -0.39 is 0 Å². The molecule has 1 aliphatic carbocycles. The molecule has 1 saturated carbocycles. The van der Waals surface area contributed by atoms with Crippen LogP contribution in [0.5, 0.6) is 0 Å². The fourth-order valence-electron chi connectivity index (χ4n) is 3.29. The molecule has 3 rings (SSSR count). The molecule has 0 amide bonds. The SMILES string of the molecule is CC(C)C(CNC1CC1)N1CCc2sccc2C1C. The molecule has 106 valence electrons. The van der Waals surface area contributed by atoms with Gasteiger partial charge in [-0.3, -0.25) is 4.90 Å². The molecule has 2 aliphatic rings. The minimum Gasteiger partial charge on any atom is -0.312 e. The van der Waals surface area contributed by atoms with Crippen molar-refractivity contribution < 1.29 is 0 Å². The van der Waals surface area contributed by atoms with Gasteiger partial charge in [0.15, 0.2) is 0 Å². The molecule has 1 aliphatic heterocycles. The molecule has 19 heavy (non-hydrogen) atoms. The quantitative estimate of drug-likeness (QED) is 0.887. The van der Waals surface area contributed by atoms with E-state index in [1.165, 1.54) is 25.8 Å². The lowest BCUT2D eigenvalue weighted by atomic mass is 9.94. The van der Waals surface area contributed by atoms with Gasteiger partial charge in [0.25, 0.3) is 0 Å². The van der Waals surface area contributed by atoms with Gasteiger partial charge in [-0.2, -0.15) is 0 Å². The van der Waals surface area contributed by atoms with Crippen LogP contribution in [-0.4, -0.2) is 30.1 Å². The second-order valence-corrected chi connectivity index (χ2v) is 7.46. The maximum absolute atomic E-state index is 3.73. The Kier molecular flexibility index (Phi) is 3.97. The molecule has 1 fully saturated rings. The van der Waals surface area contributed by atoms with Crippen LogP contribution in [0.3, 0.4) is 0 Å². The van der Waals surface area contributed by atoms with Gasteiger partial charge >= 0.3 is 0 Å². The van der Waals surface area contributed by atoms with Gasteiger partial charge in [0.2, 0.25) is 0 Å². The monoisotopic (exact) mass is 278 g/mol. The van der Waals surface area contributed by atoms with E-state index in [4.69, 9.17) is 0 Å². The normalized spacial score (nSPS) is 25.6. The van der Waals surface area contributed by atoms with E-state index in [1.807, 2.05) is 11.3 Å². The lowest BCUT2D eigenvalue weighted by Gasteiger charge is -2.41. The largest absolute Gasteiger partial charge is 0.312 e. The van der Waals surface area contributed by atoms with Gasteiger partial charge in [-0.15, -0.1) is 11.3 Å². The Morgan fingerprint density at radius 2 is 2.21 bits per heavy atom. The first kappa shape index (κ1) is 13.6. The van der Waals surface area contributed by atoms with E-state index >= 15 is 0 Å². The van der Waals surface area contributed by atoms with E-state index in [-0.39, 0.29) is 0 Å². The predicted molar refractivity (Wildman–Crippen MR) is 82.8 cm³/mol. The van der Waals surface area contributed by atoms with Crippen LogP contribution in [0, 0.1) is 5.92 Å². The fourth-order valence-corrected chi connectivity index (χ4v) is 4.26. The van der Waals surface area contributed by atoms with Crippen LogP contribution in [0.2, 0.25) is 0 Å². The van der Waals surface area contributed by atoms with Crippen LogP contribution in [0.4, 0.5) is 0 Å². The number of nitrogens with zero attached hydrogens (tertiary/aromatic N) is 1. The molecule has 1 aromatic heterocycles. The molecule has 2 nitrogen and oxygen atoms in total. The second kappa shape index (κ2) is 5.55. The van der Waals surface area contributed by atoms with Crippen LogP contribution < -0.4 is 5.32 Å². The first-order valence-electron chi connectivity index (χ1n) is 7.72. The van der Waals surface area contributed by atoms with Gasteiger partial charge in [-0.25, -0.2) is 0 Å². The maximum Gasteiger partial charge on any atom is 0.0334 e. The Morgan fingerprint density at radius 1 is 1.42 bits per heavy atom. The smallest absolute Gasteiger partial charge is 0.0334 e. The van der Waals surface area contributed by atoms with Crippen LogP contribution >= 0.6 is 11.3 Å². The molecule has 0 spiro atoms. The first-order chi connectivity index (χ1) is 9.16. The molecule has 2 unspecified atom stereocenters. The minimum atomic E-state index is 0.586. The predicted octanol–water partition coefficient (Wildman–Crippen LogP) is 3.44. The summed E-state index contributed by atoms with van der Waals surface area (Å²) in [6.45, 7) is 9.51. The summed E-state index contributed by atoms with van der Waals surface area (Å²) in [6, 6.07) is 4.41. The molecule has 2 heterocycles. The zero-order valence-electron chi connectivity index (χ0n) is 12.4. The Labute approximate surface area is 121 Å². The van der Waals surface area contributed by atoms with E-state index in [0.717, 1.165) is 12.6 Å². The number of nitrogens with one attached hydrogen (secondary N) is 1. The van der Waals surface area contributed by atoms with Crippen molar-refractivity contribution in [3.63, 3.8) is 0 Å². The summed E-state index contributed by atoms with van der Waals surface area (Å²) >= 11 is 1.94. The number of rotatable bonds is 5. The average Bonchev–Trinajstić information content (AvgIpc) is 3.07. The zero-order chi connectivity index (χ0) is 13.4. The highest BCUT2D eigenvalue weighted by Gasteiger charge is 2.32. The lowest BCUT2D eigenvalue weighted by Crippen LogP contribution is -2.49. The standard InChI is InChI=1S/C16H26N2S/c1-11(2)15(10-17-13-4-5-13)18-8-6-16-14(12(18)3)7-9-19-16/h7,9,11-13,15,17H,4-6,8,10H2,1-3H3. The van der Waals surface area contributed by atoms with E-state index in [1.54, 1.807) is 10.4 Å². The molecule has 0 radical (unpaired) electrons. The summed E-state index contributed by atoms with van der Waals surface area (Å²) in [7, 11) is 0. The first-order valence-corrected chi connectivity index (χ1v) is 8.60. The Morgan fingerprint density at radius 3 is 2.89 bits per heavy atom. The summed E-state index contributed by atoms with van der Waals surface area (Å²) in [6.07, 6.45) is 4.01. The molecule has 1 aromatic rings. The Bertz CT molecular complexity index is 422. The van der Waals surface area contributed by atoms with Gasteiger partial charge < -0.3 is 5.32 Å². The highest BCUT2D eigenvalue weighted by atomic mass is 32.1. The summed E-state index contributed by atoms with van der Waals surface area (Å²) in [4.78, 5) is 4.34. The van der Waals surface area contributed by atoms with Crippen molar-refractivity contribution in [2.45, 2.75) is 58.2 Å². The third-order valence-electron chi connectivity index (χ3n) is 4.71. The fraction of sp³-hybridized carbons (Fsp3) is 0.750. The van der Waals surface area contributed by atoms with Crippen LogP contribution in [0.15, 0.2) is 11.4 Å². The van der Waals surface area contributed by atoms with E-state index in [2.05, 4.69) is 42.4 Å². The second-order valence-electron chi connectivity index (χ2n) is 6.46.